The molecule has 2 aromatic carbocycles. The maximum absolute atomic E-state index is 11.1. The predicted octanol–water partition coefficient (Wildman–Crippen LogP) is 0.112. The molecule has 3 rings (SSSR count). The summed E-state index contributed by atoms with van der Waals surface area (Å²) in [6.45, 7) is -1.48. The van der Waals surface area contributed by atoms with Crippen LogP contribution in [0.4, 0.5) is 11.4 Å². The average molecular weight is 532 g/mol. The number of carbonyl (C=O) groups excluding carboxylic acids is 4. The molecule has 1 saturated carbocycles. The number of nitrogens with zero attached hydrogens (tertiary/aromatic N) is 2. The third-order valence-corrected chi connectivity index (χ3v) is 5.81. The SMILES string of the molecule is O=COCN(COC=O)c1ccc(C2C(=[OH+])C(c3ccc(N(CC(=O)O)CC(=O)O)cc3O)C2=[OH+])c(O)c1. The van der Waals surface area contributed by atoms with Gasteiger partial charge in [0.05, 0.1) is 0 Å². The van der Waals surface area contributed by atoms with E-state index in [4.69, 9.17) is 10.2 Å². The van der Waals surface area contributed by atoms with Gasteiger partial charge in [-0.2, -0.15) is 0 Å². The van der Waals surface area contributed by atoms with Crippen molar-refractivity contribution < 1.29 is 58.7 Å². The highest BCUT2D eigenvalue weighted by Crippen LogP contribution is 2.46. The third kappa shape index (κ3) is 5.80. The van der Waals surface area contributed by atoms with Gasteiger partial charge in [0, 0.05) is 34.6 Å². The zero-order valence-electron chi connectivity index (χ0n) is 19.6. The van der Waals surface area contributed by atoms with Gasteiger partial charge in [-0.15, -0.1) is 0 Å². The second-order valence-electron chi connectivity index (χ2n) is 8.17. The molecule has 0 saturated heterocycles. The van der Waals surface area contributed by atoms with Gasteiger partial charge in [-0.1, -0.05) is 12.1 Å². The summed E-state index contributed by atoms with van der Waals surface area (Å²) in [5.74, 6) is -6.16. The number of hydrogen-bond acceptors (Lipinski definition) is 10. The molecule has 0 bridgehead atoms. The van der Waals surface area contributed by atoms with Crippen LogP contribution in [-0.4, -0.2) is 93.0 Å². The van der Waals surface area contributed by atoms with Gasteiger partial charge in [-0.25, -0.2) is 0 Å². The lowest BCUT2D eigenvalue weighted by molar-refractivity contribution is -0.136. The van der Waals surface area contributed by atoms with E-state index < -0.39 is 42.6 Å². The van der Waals surface area contributed by atoms with Crippen molar-refractivity contribution in [2.45, 2.75) is 11.8 Å². The summed E-state index contributed by atoms with van der Waals surface area (Å²) in [7, 11) is 0. The lowest BCUT2D eigenvalue weighted by Gasteiger charge is -2.27. The Labute approximate surface area is 214 Å². The Balaban J connectivity index is 1.81. The molecule has 2 aromatic rings. The summed E-state index contributed by atoms with van der Waals surface area (Å²) < 4.78 is 9.32. The molecule has 0 unspecified atom stereocenters. The first-order valence-electron chi connectivity index (χ1n) is 10.9. The number of aromatic hydroxyl groups is 2. The van der Waals surface area contributed by atoms with E-state index in [1.54, 1.807) is 0 Å². The predicted molar refractivity (Wildman–Crippen MR) is 130 cm³/mol. The number of anilines is 2. The largest absolute Gasteiger partial charge is 0.508 e. The van der Waals surface area contributed by atoms with Gasteiger partial charge in [0.15, 0.2) is 13.5 Å². The van der Waals surface area contributed by atoms with Gasteiger partial charge in [0.25, 0.3) is 12.9 Å². The monoisotopic (exact) mass is 532 g/mol. The summed E-state index contributed by atoms with van der Waals surface area (Å²) in [6.07, 6.45) is 0. The zero-order valence-corrected chi connectivity index (χ0v) is 19.6. The summed E-state index contributed by atoms with van der Waals surface area (Å²) in [5, 5.41) is 39.2. The van der Waals surface area contributed by atoms with Crippen LogP contribution in [0.3, 0.4) is 0 Å². The third-order valence-electron chi connectivity index (χ3n) is 5.81. The molecule has 14 nitrogen and oxygen atoms in total. The number of carboxylic acid groups (broad SMARTS) is 2. The molecular weight excluding hydrogens is 508 g/mol. The molecule has 0 atom stereocenters. The zero-order chi connectivity index (χ0) is 28.0. The molecule has 6 N–H and O–H groups in total. The maximum Gasteiger partial charge on any atom is 0.334 e. The number of benzene rings is 2. The molecule has 0 aromatic heterocycles. The van der Waals surface area contributed by atoms with Gasteiger partial charge in [-0.05, 0) is 12.1 Å². The number of phenols is 2. The van der Waals surface area contributed by atoms with E-state index in [0.29, 0.717) is 5.69 Å². The number of carboxylic acids is 2. The minimum atomic E-state index is -1.28. The normalized spacial score (nSPS) is 16.2. The van der Waals surface area contributed by atoms with Crippen LogP contribution < -0.4 is 9.80 Å². The molecule has 0 spiro atoms. The van der Waals surface area contributed by atoms with Crippen LogP contribution in [0.15, 0.2) is 36.4 Å². The number of phenolic OH excluding ortho intramolecular Hbond substituents is 2. The molecule has 0 amide bonds. The first-order chi connectivity index (χ1) is 18.1. The molecule has 1 fully saturated rings. The molecule has 0 radical (unpaired) electrons. The number of ketones is 2. The highest BCUT2D eigenvalue weighted by molar-refractivity contribution is 6.32. The smallest absolute Gasteiger partial charge is 0.334 e. The van der Waals surface area contributed by atoms with E-state index in [-0.39, 0.29) is 60.5 Å². The van der Waals surface area contributed by atoms with Crippen molar-refractivity contribution in [3.63, 3.8) is 0 Å². The maximum atomic E-state index is 11.1. The molecule has 0 aliphatic heterocycles. The van der Waals surface area contributed by atoms with Crippen LogP contribution in [0.25, 0.3) is 0 Å². The van der Waals surface area contributed by atoms with Crippen molar-refractivity contribution >= 4 is 47.8 Å². The number of carbonyl (C=O) groups is 4. The van der Waals surface area contributed by atoms with Gasteiger partial charge in [-0.3, -0.25) is 28.8 Å². The highest BCUT2D eigenvalue weighted by atomic mass is 16.6. The van der Waals surface area contributed by atoms with E-state index in [9.17, 15) is 39.0 Å². The Bertz CT molecular complexity index is 1230. The number of aliphatic carboxylic acids is 2. The van der Waals surface area contributed by atoms with Crippen LogP contribution in [0.5, 0.6) is 11.5 Å². The number of hydrogen-bond donors (Lipinski definition) is 4. The van der Waals surface area contributed by atoms with Crippen LogP contribution in [0.2, 0.25) is 0 Å². The molecule has 1 aliphatic carbocycles. The average Bonchev–Trinajstić information content (AvgIpc) is 2.85. The fraction of sp³-hybridized carbons (Fsp3) is 0.250. The number of rotatable bonds is 14. The second-order valence-corrected chi connectivity index (χ2v) is 8.17. The van der Waals surface area contributed by atoms with E-state index in [2.05, 4.69) is 9.47 Å². The van der Waals surface area contributed by atoms with Gasteiger partial charge in [0.2, 0.25) is 11.8 Å². The Morgan fingerprint density at radius 2 is 1.16 bits per heavy atom. The summed E-state index contributed by atoms with van der Waals surface area (Å²) in [6, 6.07) is 7.90. The van der Waals surface area contributed by atoms with Crippen LogP contribution >= 0.6 is 0 Å². The topological polar surface area (TPSA) is 217 Å². The van der Waals surface area contributed by atoms with Crippen LogP contribution in [0, 0.1) is 0 Å². The van der Waals surface area contributed by atoms with Crippen LogP contribution in [-0.2, 0) is 28.7 Å². The lowest BCUT2D eigenvalue weighted by atomic mass is 9.65. The van der Waals surface area contributed by atoms with Gasteiger partial charge < -0.3 is 39.7 Å². The van der Waals surface area contributed by atoms with Gasteiger partial charge >= 0.3 is 23.5 Å². The van der Waals surface area contributed by atoms with E-state index in [1.165, 1.54) is 35.2 Å². The quantitative estimate of drug-likeness (QED) is 0.110. The van der Waals surface area contributed by atoms with Crippen LogP contribution in [0.1, 0.15) is 23.0 Å². The Kier molecular flexibility index (Phi) is 8.47. The second kappa shape index (κ2) is 11.7. The van der Waals surface area contributed by atoms with Crippen molar-refractivity contribution in [1.82, 2.24) is 0 Å². The highest BCUT2D eigenvalue weighted by Gasteiger charge is 2.63. The molecule has 200 valence electrons. The van der Waals surface area contributed by atoms with Crippen molar-refractivity contribution in [3.8, 4) is 11.5 Å². The van der Waals surface area contributed by atoms with Crippen molar-refractivity contribution in [3.05, 3.63) is 47.5 Å². The Hall–Kier alpha value is -5.14. The van der Waals surface area contributed by atoms with Crippen molar-refractivity contribution in [1.29, 1.82) is 0 Å². The molecular formula is C24H24N2O12+2. The summed E-state index contributed by atoms with van der Waals surface area (Å²) in [4.78, 5) is 67.0. The fourth-order valence-corrected chi connectivity index (χ4v) is 4.12. The lowest BCUT2D eigenvalue weighted by Crippen LogP contribution is -2.45. The summed E-state index contributed by atoms with van der Waals surface area (Å²) >= 11 is 0. The van der Waals surface area contributed by atoms with E-state index >= 15 is 0 Å². The Morgan fingerprint density at radius 3 is 1.50 bits per heavy atom. The molecule has 0 heterocycles. The first kappa shape index (κ1) is 27.4. The minimum absolute atomic E-state index is 0.0740. The fourth-order valence-electron chi connectivity index (χ4n) is 4.12. The van der Waals surface area contributed by atoms with E-state index in [0.717, 1.165) is 11.0 Å². The van der Waals surface area contributed by atoms with Crippen molar-refractivity contribution in [2.24, 2.45) is 0 Å². The number of ether oxygens (including phenoxy) is 2. The standard InChI is InChI=1S/C24H22N2O12/c27-11-37-9-26(10-38-12-28)14-2-4-16(18(30)6-14)22-23(35)21(24(22)36)15-3-1-13(5-17(15)29)25(7-19(31)32)8-20(33)34/h1-6,11-12,21-22,29-30H,7-10H2,(H,31,32)(H,33,34)/p+2. The van der Waals surface area contributed by atoms with Crippen molar-refractivity contribution in [2.75, 3.05) is 36.4 Å². The Morgan fingerprint density at radius 1 is 0.763 bits per heavy atom. The molecule has 1 aliphatic rings. The minimum Gasteiger partial charge on any atom is -0.508 e. The van der Waals surface area contributed by atoms with E-state index in [1.807, 2.05) is 0 Å². The molecule has 38 heavy (non-hydrogen) atoms. The van der Waals surface area contributed by atoms with Gasteiger partial charge in [0.1, 0.15) is 24.6 Å². The summed E-state index contributed by atoms with van der Waals surface area (Å²) in [5.41, 5.74) is 0.591. The first-order valence-corrected chi connectivity index (χ1v) is 10.9. The molecule has 14 heteroatoms.